The molecule has 0 aliphatic heterocycles. The van der Waals surface area contributed by atoms with Crippen LogP contribution in [0.15, 0.2) is 29.4 Å². The molecule has 0 spiro atoms. The molecule has 6 nitrogen and oxygen atoms in total. The summed E-state index contributed by atoms with van der Waals surface area (Å²) in [7, 11) is -0.879. The van der Waals surface area contributed by atoms with E-state index < -0.39 is 8.80 Å². The summed E-state index contributed by atoms with van der Waals surface area (Å²) in [4.78, 5) is 42.0. The number of nitrogens with zero attached hydrogens (tertiary/aromatic N) is 1. The molecule has 0 aliphatic rings. The van der Waals surface area contributed by atoms with Crippen LogP contribution in [0.3, 0.4) is 0 Å². The van der Waals surface area contributed by atoms with Crippen molar-refractivity contribution >= 4 is 36.3 Å². The third-order valence-corrected chi connectivity index (χ3v) is 5.50. The van der Waals surface area contributed by atoms with E-state index in [1.165, 1.54) is 10.8 Å². The second-order valence-electron chi connectivity index (χ2n) is 4.05. The lowest BCUT2D eigenvalue weighted by Gasteiger charge is -2.09. The molecule has 0 aliphatic carbocycles. The van der Waals surface area contributed by atoms with Crippen LogP contribution in [-0.4, -0.2) is 46.4 Å². The molecule has 112 valence electrons. The van der Waals surface area contributed by atoms with E-state index in [0.29, 0.717) is 25.1 Å². The van der Waals surface area contributed by atoms with Crippen molar-refractivity contribution in [2.24, 2.45) is 0 Å². The van der Waals surface area contributed by atoms with E-state index in [1.54, 1.807) is 17.0 Å². The molecule has 1 heterocycles. The Balaban J connectivity index is 2.00. The molecule has 1 aromatic heterocycles. The smallest absolute Gasteiger partial charge is 0.390 e. The lowest BCUT2D eigenvalue weighted by Crippen LogP contribution is -2.35. The maximum Gasteiger partial charge on any atom is 0.492 e. The van der Waals surface area contributed by atoms with E-state index in [9.17, 15) is 4.79 Å². The number of carbonyl (C=O) groups is 1. The third kappa shape index (κ3) is 9.34. The molecule has 9 heteroatoms. The summed E-state index contributed by atoms with van der Waals surface area (Å²) in [5.74, 6) is 0.589. The molecule has 0 bridgehead atoms. The summed E-state index contributed by atoms with van der Waals surface area (Å²) >= 11 is 0. The lowest BCUT2D eigenvalue weighted by molar-refractivity contribution is -0.120. The Hall–Kier alpha value is -0.583. The molecule has 0 atom stereocenters. The minimum absolute atomic E-state index is 0.0580. The van der Waals surface area contributed by atoms with Gasteiger partial charge in [-0.05, 0) is 29.3 Å². The number of hydrogen-bond donors (Lipinski definition) is 4. The second kappa shape index (κ2) is 9.37. The number of aromatic nitrogens is 1. The molecule has 0 saturated heterocycles. The molecule has 0 unspecified atom stereocenters. The molecule has 1 rings (SSSR count). The van der Waals surface area contributed by atoms with Crippen molar-refractivity contribution in [3.05, 3.63) is 24.4 Å². The fraction of sp³-hybridized carbons (Fsp3) is 0.455. The lowest BCUT2D eigenvalue weighted by atomic mass is 10.4. The van der Waals surface area contributed by atoms with E-state index in [2.05, 4.69) is 10.3 Å². The van der Waals surface area contributed by atoms with Crippen molar-refractivity contribution in [1.82, 2.24) is 10.3 Å². The van der Waals surface area contributed by atoms with Crippen LogP contribution >= 0.6 is 21.6 Å². The van der Waals surface area contributed by atoms with Crippen molar-refractivity contribution in [2.45, 2.75) is 23.9 Å². The maximum absolute atomic E-state index is 11.5. The Bertz CT molecular complexity index is 403. The minimum atomic E-state index is -3.96. The molecule has 0 radical (unpaired) electrons. The van der Waals surface area contributed by atoms with Crippen LogP contribution in [-0.2, 0) is 4.79 Å². The first-order chi connectivity index (χ1) is 9.47. The van der Waals surface area contributed by atoms with E-state index in [4.69, 9.17) is 14.4 Å². The van der Waals surface area contributed by atoms with Gasteiger partial charge in [-0.15, -0.1) is 0 Å². The Kier molecular flexibility index (Phi) is 8.18. The van der Waals surface area contributed by atoms with Crippen LogP contribution in [0.2, 0.25) is 6.04 Å². The average molecular weight is 334 g/mol. The van der Waals surface area contributed by atoms with Gasteiger partial charge >= 0.3 is 8.80 Å². The van der Waals surface area contributed by atoms with Gasteiger partial charge in [0.25, 0.3) is 0 Å². The molecule has 1 amide bonds. The third-order valence-electron chi connectivity index (χ3n) is 2.21. The normalized spacial score (nSPS) is 11.3. The summed E-state index contributed by atoms with van der Waals surface area (Å²) in [5.41, 5.74) is 0. The number of carbonyl (C=O) groups excluding carboxylic acids is 1. The van der Waals surface area contributed by atoms with Crippen molar-refractivity contribution in [3.8, 4) is 0 Å². The first-order valence-electron chi connectivity index (χ1n) is 6.12. The van der Waals surface area contributed by atoms with Crippen molar-refractivity contribution in [2.75, 3.05) is 12.3 Å². The van der Waals surface area contributed by atoms with E-state index in [0.717, 1.165) is 5.03 Å². The first-order valence-corrected chi connectivity index (χ1v) is 10.5. The number of amides is 1. The maximum atomic E-state index is 11.5. The van der Waals surface area contributed by atoms with Crippen LogP contribution in [0.5, 0.6) is 0 Å². The summed E-state index contributed by atoms with van der Waals surface area (Å²) in [6.45, 7) is 0.341. The van der Waals surface area contributed by atoms with Gasteiger partial charge in [-0.3, -0.25) is 4.79 Å². The summed E-state index contributed by atoms with van der Waals surface area (Å²) < 4.78 is 0. The first kappa shape index (κ1) is 17.5. The molecule has 0 aromatic carbocycles. The molecular formula is C11H18N2O4S2Si. The highest BCUT2D eigenvalue weighted by Gasteiger charge is 2.25. The van der Waals surface area contributed by atoms with Gasteiger partial charge in [-0.25, -0.2) is 4.98 Å². The predicted molar refractivity (Wildman–Crippen MR) is 82.0 cm³/mol. The predicted octanol–water partition coefficient (Wildman–Crippen LogP) is 0.634. The van der Waals surface area contributed by atoms with E-state index in [1.807, 2.05) is 18.2 Å². The average Bonchev–Trinajstić information content (AvgIpc) is 2.40. The van der Waals surface area contributed by atoms with Crippen molar-refractivity contribution in [3.63, 3.8) is 0 Å². The van der Waals surface area contributed by atoms with Gasteiger partial charge in [0.15, 0.2) is 0 Å². The van der Waals surface area contributed by atoms with Crippen molar-refractivity contribution in [1.29, 1.82) is 0 Å². The summed E-state index contributed by atoms with van der Waals surface area (Å²) in [6.07, 6.45) is 2.48. The molecule has 0 saturated carbocycles. The zero-order valence-electron chi connectivity index (χ0n) is 10.9. The molecule has 0 fully saturated rings. The van der Waals surface area contributed by atoms with Gasteiger partial charge in [-0.1, -0.05) is 16.9 Å². The van der Waals surface area contributed by atoms with Gasteiger partial charge < -0.3 is 19.7 Å². The van der Waals surface area contributed by atoms with Gasteiger partial charge in [-0.2, -0.15) is 0 Å². The van der Waals surface area contributed by atoms with Crippen LogP contribution in [0.4, 0.5) is 0 Å². The Morgan fingerprint density at radius 1 is 1.35 bits per heavy atom. The summed E-state index contributed by atoms with van der Waals surface area (Å²) in [6, 6.07) is 5.62. The fourth-order valence-electron chi connectivity index (χ4n) is 1.27. The van der Waals surface area contributed by atoms with E-state index in [-0.39, 0.29) is 12.0 Å². The fourth-order valence-corrected chi connectivity index (χ4v) is 3.79. The van der Waals surface area contributed by atoms with Gasteiger partial charge in [0.1, 0.15) is 5.03 Å². The zero-order valence-corrected chi connectivity index (χ0v) is 13.5. The minimum Gasteiger partial charge on any atom is -0.390 e. The van der Waals surface area contributed by atoms with Crippen molar-refractivity contribution < 1.29 is 19.2 Å². The number of rotatable bonds is 9. The van der Waals surface area contributed by atoms with Gasteiger partial charge in [0.05, 0.1) is 0 Å². The molecule has 20 heavy (non-hydrogen) atoms. The van der Waals surface area contributed by atoms with E-state index >= 15 is 0 Å². The highest BCUT2D eigenvalue weighted by Crippen LogP contribution is 2.29. The highest BCUT2D eigenvalue weighted by atomic mass is 33.1. The Morgan fingerprint density at radius 3 is 2.80 bits per heavy atom. The zero-order chi connectivity index (χ0) is 14.8. The second-order valence-corrected chi connectivity index (χ2v) is 8.54. The van der Waals surface area contributed by atoms with Crippen LogP contribution in [0.25, 0.3) is 0 Å². The Labute approximate surface area is 126 Å². The number of nitrogens with one attached hydrogen (secondary N) is 1. The van der Waals surface area contributed by atoms with Crippen LogP contribution < -0.4 is 5.32 Å². The topological polar surface area (TPSA) is 103 Å². The van der Waals surface area contributed by atoms with Crippen LogP contribution in [0.1, 0.15) is 12.8 Å². The standard InChI is InChI=1S/C11H18N2O4S2Si/c14-10(12-7-3-9-20(15,16)17)5-8-18-19-11-4-1-2-6-13-11/h1-2,4,6,15-17H,3,5,7-9H2,(H,12,14). The monoisotopic (exact) mass is 334 g/mol. The molecule has 4 N–H and O–H groups in total. The number of pyridine rings is 1. The summed E-state index contributed by atoms with van der Waals surface area (Å²) in [5, 5.41) is 3.58. The van der Waals surface area contributed by atoms with Gasteiger partial charge in [0, 0.05) is 31.0 Å². The largest absolute Gasteiger partial charge is 0.492 e. The molecule has 1 aromatic rings. The Morgan fingerprint density at radius 2 is 2.15 bits per heavy atom. The highest BCUT2D eigenvalue weighted by molar-refractivity contribution is 8.76. The van der Waals surface area contributed by atoms with Gasteiger partial charge in [0.2, 0.25) is 5.91 Å². The van der Waals surface area contributed by atoms with Crippen LogP contribution in [0, 0.1) is 0 Å². The SMILES string of the molecule is O=C(CCSSc1ccccn1)NCCC[Si](O)(O)O. The quantitative estimate of drug-likeness (QED) is 0.298. The molecular weight excluding hydrogens is 316 g/mol. The number of hydrogen-bond acceptors (Lipinski definition) is 7.